The minimum atomic E-state index is -0.110. The predicted octanol–water partition coefficient (Wildman–Crippen LogP) is 5.58. The van der Waals surface area contributed by atoms with Crippen LogP contribution in [0.4, 0.5) is 5.13 Å². The van der Waals surface area contributed by atoms with Gasteiger partial charge in [-0.3, -0.25) is 4.79 Å². The van der Waals surface area contributed by atoms with Gasteiger partial charge in [0.2, 0.25) is 5.91 Å². The van der Waals surface area contributed by atoms with E-state index in [0.29, 0.717) is 0 Å². The van der Waals surface area contributed by atoms with Gasteiger partial charge in [0.05, 0.1) is 11.1 Å². The topological polar surface area (TPSA) is 42.0 Å². The molecule has 4 aliphatic carbocycles. The molecular formula is C22H26N2OS. The molecule has 1 aromatic carbocycles. The van der Waals surface area contributed by atoms with Crippen molar-refractivity contribution in [2.75, 3.05) is 5.32 Å². The fourth-order valence-corrected chi connectivity index (χ4v) is 6.70. The van der Waals surface area contributed by atoms with E-state index in [4.69, 9.17) is 4.98 Å². The van der Waals surface area contributed by atoms with Crippen LogP contribution in [0, 0.1) is 37.0 Å². The second kappa shape index (κ2) is 5.91. The standard InChI is InChI=1S/C22H26N2OS/c1-13-3-4-18(5-14(13)2)19-12-26-21(23-19)24-20(25)22-9-15-6-16(10-22)8-17(7-15)11-22/h3-5,12,15-17H,6-11H2,1-2H3,(H,23,24,25). The van der Waals surface area contributed by atoms with E-state index < -0.39 is 0 Å². The van der Waals surface area contributed by atoms with Crippen molar-refractivity contribution in [1.82, 2.24) is 4.98 Å². The first-order valence-electron chi connectivity index (χ1n) is 9.85. The molecule has 0 aliphatic heterocycles. The third-order valence-electron chi connectivity index (χ3n) is 7.05. The van der Waals surface area contributed by atoms with Crippen LogP contribution in [0.15, 0.2) is 23.6 Å². The summed E-state index contributed by atoms with van der Waals surface area (Å²) in [7, 11) is 0. The molecule has 2 aromatic rings. The number of benzene rings is 1. The van der Waals surface area contributed by atoms with E-state index in [9.17, 15) is 4.79 Å². The van der Waals surface area contributed by atoms with Gasteiger partial charge < -0.3 is 5.32 Å². The van der Waals surface area contributed by atoms with Crippen molar-refractivity contribution < 1.29 is 4.79 Å². The number of hydrogen-bond acceptors (Lipinski definition) is 3. The van der Waals surface area contributed by atoms with Gasteiger partial charge in [0, 0.05) is 10.9 Å². The van der Waals surface area contributed by atoms with Crippen LogP contribution in [0.5, 0.6) is 0 Å². The zero-order chi connectivity index (χ0) is 17.9. The van der Waals surface area contributed by atoms with Gasteiger partial charge in [0.25, 0.3) is 0 Å². The van der Waals surface area contributed by atoms with Gasteiger partial charge in [-0.2, -0.15) is 0 Å². The molecule has 0 radical (unpaired) electrons. The summed E-state index contributed by atoms with van der Waals surface area (Å²) in [6.45, 7) is 4.25. The van der Waals surface area contributed by atoms with Gasteiger partial charge >= 0.3 is 0 Å². The molecule has 4 saturated carbocycles. The molecule has 4 heteroatoms. The molecule has 1 amide bonds. The molecule has 6 rings (SSSR count). The first-order chi connectivity index (χ1) is 12.5. The summed E-state index contributed by atoms with van der Waals surface area (Å²) in [4.78, 5) is 17.9. The Bertz CT molecular complexity index is 833. The zero-order valence-corrected chi connectivity index (χ0v) is 16.4. The molecule has 3 nitrogen and oxygen atoms in total. The van der Waals surface area contributed by atoms with Gasteiger partial charge in [-0.25, -0.2) is 4.98 Å². The minimum Gasteiger partial charge on any atom is -0.301 e. The molecule has 0 saturated heterocycles. The Morgan fingerprint density at radius 1 is 1.08 bits per heavy atom. The van der Waals surface area contributed by atoms with Crippen molar-refractivity contribution in [2.45, 2.75) is 52.4 Å². The van der Waals surface area contributed by atoms with E-state index >= 15 is 0 Å². The minimum absolute atomic E-state index is 0.110. The van der Waals surface area contributed by atoms with Gasteiger partial charge in [-0.15, -0.1) is 11.3 Å². The average molecular weight is 367 g/mol. The molecule has 136 valence electrons. The van der Waals surface area contributed by atoms with E-state index in [0.717, 1.165) is 53.4 Å². The second-order valence-corrected chi connectivity index (χ2v) is 9.85. The summed E-state index contributed by atoms with van der Waals surface area (Å²) in [5, 5.41) is 5.99. The fraction of sp³-hybridized carbons (Fsp3) is 0.545. The lowest BCUT2D eigenvalue weighted by atomic mass is 9.49. The van der Waals surface area contributed by atoms with Crippen LogP contribution < -0.4 is 5.32 Å². The number of amides is 1. The third-order valence-corrected chi connectivity index (χ3v) is 7.80. The van der Waals surface area contributed by atoms with Crippen LogP contribution in [0.25, 0.3) is 11.3 Å². The number of carbonyl (C=O) groups excluding carboxylic acids is 1. The van der Waals surface area contributed by atoms with Crippen LogP contribution in [0.3, 0.4) is 0 Å². The smallest absolute Gasteiger partial charge is 0.232 e. The normalized spacial score (nSPS) is 32.0. The number of nitrogens with zero attached hydrogens (tertiary/aromatic N) is 1. The quantitative estimate of drug-likeness (QED) is 0.770. The summed E-state index contributed by atoms with van der Waals surface area (Å²) in [5.41, 5.74) is 4.54. The lowest BCUT2D eigenvalue weighted by Crippen LogP contribution is -2.51. The van der Waals surface area contributed by atoms with Crippen molar-refractivity contribution in [2.24, 2.45) is 23.2 Å². The molecule has 0 atom stereocenters. The number of carbonyl (C=O) groups is 1. The number of anilines is 1. The van der Waals surface area contributed by atoms with Crippen molar-refractivity contribution in [3.05, 3.63) is 34.7 Å². The maximum atomic E-state index is 13.2. The van der Waals surface area contributed by atoms with Gasteiger partial charge in [-0.05, 0) is 87.3 Å². The van der Waals surface area contributed by atoms with Crippen LogP contribution >= 0.6 is 11.3 Å². The Labute approximate surface area is 159 Å². The monoisotopic (exact) mass is 366 g/mol. The maximum absolute atomic E-state index is 13.2. The van der Waals surface area contributed by atoms with Crippen molar-refractivity contribution in [1.29, 1.82) is 0 Å². The van der Waals surface area contributed by atoms with Gasteiger partial charge in [-0.1, -0.05) is 12.1 Å². The third kappa shape index (κ3) is 2.70. The molecule has 0 spiro atoms. The number of thiazole rings is 1. The Balaban J connectivity index is 1.35. The van der Waals surface area contributed by atoms with Crippen LogP contribution in [0.1, 0.15) is 49.7 Å². The van der Waals surface area contributed by atoms with E-state index in [1.807, 2.05) is 0 Å². The Morgan fingerprint density at radius 2 is 1.73 bits per heavy atom. The lowest BCUT2D eigenvalue weighted by Gasteiger charge is -2.55. The van der Waals surface area contributed by atoms with E-state index in [2.05, 4.69) is 42.7 Å². The number of rotatable bonds is 3. The first kappa shape index (κ1) is 16.5. The Morgan fingerprint density at radius 3 is 2.35 bits per heavy atom. The highest BCUT2D eigenvalue weighted by molar-refractivity contribution is 7.14. The van der Waals surface area contributed by atoms with E-state index in [-0.39, 0.29) is 11.3 Å². The summed E-state index contributed by atoms with van der Waals surface area (Å²) < 4.78 is 0. The number of nitrogens with one attached hydrogen (secondary N) is 1. The number of aromatic nitrogens is 1. The molecule has 1 heterocycles. The second-order valence-electron chi connectivity index (χ2n) is 8.99. The molecule has 0 unspecified atom stereocenters. The molecule has 4 bridgehead atoms. The largest absolute Gasteiger partial charge is 0.301 e. The summed E-state index contributed by atoms with van der Waals surface area (Å²) in [6, 6.07) is 6.43. The lowest BCUT2D eigenvalue weighted by molar-refractivity contribution is -0.140. The van der Waals surface area contributed by atoms with E-state index in [1.54, 1.807) is 11.3 Å². The Kier molecular flexibility index (Phi) is 3.75. The van der Waals surface area contributed by atoms with Crippen LogP contribution in [-0.4, -0.2) is 10.9 Å². The summed E-state index contributed by atoms with van der Waals surface area (Å²) in [6.07, 6.45) is 7.38. The summed E-state index contributed by atoms with van der Waals surface area (Å²) in [5.74, 6) is 2.59. The van der Waals surface area contributed by atoms with Crippen LogP contribution in [0.2, 0.25) is 0 Å². The predicted molar refractivity (Wildman–Crippen MR) is 106 cm³/mol. The van der Waals surface area contributed by atoms with Crippen LogP contribution in [-0.2, 0) is 4.79 Å². The number of aryl methyl sites for hydroxylation is 2. The number of hydrogen-bond donors (Lipinski definition) is 1. The highest BCUT2D eigenvalue weighted by atomic mass is 32.1. The Hall–Kier alpha value is -1.68. The molecule has 4 fully saturated rings. The first-order valence-corrected chi connectivity index (χ1v) is 10.7. The molecule has 4 aliphatic rings. The molecular weight excluding hydrogens is 340 g/mol. The van der Waals surface area contributed by atoms with Gasteiger partial charge in [0.1, 0.15) is 0 Å². The highest BCUT2D eigenvalue weighted by Gasteiger charge is 2.54. The molecule has 1 N–H and O–H groups in total. The highest BCUT2D eigenvalue weighted by Crippen LogP contribution is 2.60. The fourth-order valence-electron chi connectivity index (χ4n) is 5.98. The molecule has 26 heavy (non-hydrogen) atoms. The summed E-state index contributed by atoms with van der Waals surface area (Å²) >= 11 is 1.54. The van der Waals surface area contributed by atoms with Gasteiger partial charge in [0.15, 0.2) is 5.13 Å². The average Bonchev–Trinajstić information content (AvgIpc) is 3.04. The van der Waals surface area contributed by atoms with Crippen molar-refractivity contribution in [3.8, 4) is 11.3 Å². The molecule has 1 aromatic heterocycles. The van der Waals surface area contributed by atoms with Crippen molar-refractivity contribution >= 4 is 22.4 Å². The van der Waals surface area contributed by atoms with E-state index in [1.165, 1.54) is 30.4 Å². The van der Waals surface area contributed by atoms with Crippen molar-refractivity contribution in [3.63, 3.8) is 0 Å². The SMILES string of the molecule is Cc1ccc(-c2csc(NC(=O)C34CC5CC(CC(C5)C3)C4)n2)cc1C. The zero-order valence-electron chi connectivity index (χ0n) is 15.5. The maximum Gasteiger partial charge on any atom is 0.232 e.